The molecule has 0 unspecified atom stereocenters. The van der Waals surface area contributed by atoms with Crippen molar-refractivity contribution in [3.63, 3.8) is 0 Å². The van der Waals surface area contributed by atoms with E-state index in [0.717, 1.165) is 16.7 Å². The van der Waals surface area contributed by atoms with E-state index in [0.29, 0.717) is 17.5 Å². The molecule has 0 spiro atoms. The summed E-state index contributed by atoms with van der Waals surface area (Å²) in [5.74, 6) is 1.96. The third kappa shape index (κ3) is 4.09. The molecule has 1 aliphatic rings. The molecule has 0 fully saturated rings. The maximum absolute atomic E-state index is 5.03. The first kappa shape index (κ1) is 25.1. The Balaban J connectivity index is 1.38. The molecular weight excluding hydrogens is 522 g/mol. The quantitative estimate of drug-likeness (QED) is 0.215. The highest BCUT2D eigenvalue weighted by Gasteiger charge is 2.45. The second kappa shape index (κ2) is 10.3. The molecule has 0 atom stereocenters. The zero-order valence-corrected chi connectivity index (χ0v) is 23.4. The van der Waals surface area contributed by atoms with Crippen LogP contribution in [0.1, 0.15) is 22.3 Å². The number of fused-ring (bicyclic) bond motifs is 3. The Bertz CT molecular complexity index is 1970. The van der Waals surface area contributed by atoms with Crippen molar-refractivity contribution in [2.24, 2.45) is 0 Å². The summed E-state index contributed by atoms with van der Waals surface area (Å²) in [6, 6.07) is 57.4. The lowest BCUT2D eigenvalue weighted by Gasteiger charge is -2.34. The number of rotatable bonds is 5. The molecule has 0 amide bonds. The second-order valence-corrected chi connectivity index (χ2v) is 10.8. The molecule has 0 bridgehead atoms. The topological polar surface area (TPSA) is 38.7 Å². The number of hydrogen-bond acceptors (Lipinski definition) is 3. The van der Waals surface area contributed by atoms with Crippen LogP contribution in [0.3, 0.4) is 0 Å². The van der Waals surface area contributed by atoms with E-state index < -0.39 is 5.41 Å². The van der Waals surface area contributed by atoms with Crippen LogP contribution in [0.15, 0.2) is 164 Å². The minimum absolute atomic E-state index is 0.484. The monoisotopic (exact) mass is 549 g/mol. The maximum Gasteiger partial charge on any atom is 0.164 e. The lowest BCUT2D eigenvalue weighted by atomic mass is 9.67. The summed E-state index contributed by atoms with van der Waals surface area (Å²) in [6.07, 6.45) is 0. The Morgan fingerprint density at radius 2 is 0.721 bits per heavy atom. The van der Waals surface area contributed by atoms with Crippen LogP contribution in [0, 0.1) is 0 Å². The summed E-state index contributed by atoms with van der Waals surface area (Å²) in [7, 11) is 0. The summed E-state index contributed by atoms with van der Waals surface area (Å²) < 4.78 is 0. The van der Waals surface area contributed by atoms with Crippen molar-refractivity contribution in [2.75, 3.05) is 0 Å². The van der Waals surface area contributed by atoms with Gasteiger partial charge in [-0.25, -0.2) is 15.0 Å². The van der Waals surface area contributed by atoms with Gasteiger partial charge in [-0.3, -0.25) is 0 Å². The Kier molecular flexibility index (Phi) is 6.01. The lowest BCUT2D eigenvalue weighted by molar-refractivity contribution is 0.768. The van der Waals surface area contributed by atoms with E-state index in [1.54, 1.807) is 0 Å². The van der Waals surface area contributed by atoms with Gasteiger partial charge in [0.2, 0.25) is 0 Å². The van der Waals surface area contributed by atoms with Crippen LogP contribution in [-0.2, 0) is 5.41 Å². The summed E-state index contributed by atoms with van der Waals surface area (Å²) in [4.78, 5) is 15.0. The largest absolute Gasteiger partial charge is 0.208 e. The molecule has 1 aliphatic carbocycles. The van der Waals surface area contributed by atoms with Crippen molar-refractivity contribution in [3.05, 3.63) is 186 Å². The fourth-order valence-electron chi connectivity index (χ4n) is 6.54. The molecule has 3 nitrogen and oxygen atoms in total. The predicted molar refractivity (Wildman–Crippen MR) is 173 cm³/mol. The maximum atomic E-state index is 5.03. The Morgan fingerprint density at radius 3 is 1.26 bits per heavy atom. The Labute approximate surface area is 251 Å². The van der Waals surface area contributed by atoms with Gasteiger partial charge in [0.25, 0.3) is 0 Å². The van der Waals surface area contributed by atoms with Crippen LogP contribution in [0.2, 0.25) is 0 Å². The van der Waals surface area contributed by atoms with Gasteiger partial charge < -0.3 is 0 Å². The molecule has 0 aliphatic heterocycles. The molecule has 0 N–H and O–H groups in total. The second-order valence-electron chi connectivity index (χ2n) is 10.8. The highest BCUT2D eigenvalue weighted by atomic mass is 15.0. The van der Waals surface area contributed by atoms with E-state index in [-0.39, 0.29) is 0 Å². The number of benzene rings is 6. The molecule has 202 valence electrons. The van der Waals surface area contributed by atoms with E-state index in [1.807, 2.05) is 60.7 Å². The number of hydrogen-bond donors (Lipinski definition) is 0. The van der Waals surface area contributed by atoms with Gasteiger partial charge in [0.1, 0.15) is 0 Å². The normalized spacial score (nSPS) is 12.8. The zero-order valence-electron chi connectivity index (χ0n) is 23.4. The van der Waals surface area contributed by atoms with Crippen molar-refractivity contribution in [3.8, 4) is 45.3 Å². The molecule has 43 heavy (non-hydrogen) atoms. The Morgan fingerprint density at radius 1 is 0.326 bits per heavy atom. The molecule has 0 saturated carbocycles. The highest BCUT2D eigenvalue weighted by molar-refractivity contribution is 5.86. The standard InChI is InChI=1S/C40H27N3/c1-4-15-28(16-5-1)37-41-38(29-17-6-2-7-18-29)43-39(42-37)30-19-14-22-32(27-30)40(31-20-8-3-9-21-31)35-25-12-10-23-33(35)34-24-11-13-26-36(34)40/h1-27H. The molecule has 1 heterocycles. The van der Waals surface area contributed by atoms with Crippen molar-refractivity contribution >= 4 is 0 Å². The fourth-order valence-corrected chi connectivity index (χ4v) is 6.54. The van der Waals surface area contributed by atoms with Gasteiger partial charge in [-0.2, -0.15) is 0 Å². The minimum Gasteiger partial charge on any atom is -0.208 e. The van der Waals surface area contributed by atoms with Crippen LogP contribution in [-0.4, -0.2) is 15.0 Å². The molecule has 3 heteroatoms. The summed E-state index contributed by atoms with van der Waals surface area (Å²) >= 11 is 0. The first-order chi connectivity index (χ1) is 21.3. The molecule has 1 aromatic heterocycles. The molecule has 8 rings (SSSR count). The van der Waals surface area contributed by atoms with E-state index in [9.17, 15) is 0 Å². The summed E-state index contributed by atoms with van der Waals surface area (Å²) in [5, 5.41) is 0. The summed E-state index contributed by atoms with van der Waals surface area (Å²) in [5.41, 5.74) is 9.89. The molecule has 6 aromatic carbocycles. The predicted octanol–water partition coefficient (Wildman–Crippen LogP) is 9.24. The van der Waals surface area contributed by atoms with Crippen LogP contribution in [0.25, 0.3) is 45.3 Å². The fraction of sp³-hybridized carbons (Fsp3) is 0.0250. The van der Waals surface area contributed by atoms with E-state index in [1.165, 1.54) is 33.4 Å². The van der Waals surface area contributed by atoms with Gasteiger partial charge in [0.15, 0.2) is 17.5 Å². The Hall–Kier alpha value is -5.67. The average Bonchev–Trinajstić information content (AvgIpc) is 3.40. The van der Waals surface area contributed by atoms with Gasteiger partial charge in [0.05, 0.1) is 5.41 Å². The molecular formula is C40H27N3. The zero-order chi connectivity index (χ0) is 28.6. The van der Waals surface area contributed by atoms with E-state index >= 15 is 0 Å². The van der Waals surface area contributed by atoms with Gasteiger partial charge in [-0.1, -0.05) is 158 Å². The van der Waals surface area contributed by atoms with Gasteiger partial charge >= 0.3 is 0 Å². The van der Waals surface area contributed by atoms with Gasteiger partial charge in [-0.05, 0) is 39.4 Å². The van der Waals surface area contributed by atoms with E-state index in [4.69, 9.17) is 15.0 Å². The van der Waals surface area contributed by atoms with Gasteiger partial charge in [0, 0.05) is 16.7 Å². The molecule has 0 saturated heterocycles. The first-order valence-corrected chi connectivity index (χ1v) is 14.5. The van der Waals surface area contributed by atoms with E-state index in [2.05, 4.69) is 103 Å². The van der Waals surface area contributed by atoms with Crippen molar-refractivity contribution in [2.45, 2.75) is 5.41 Å². The van der Waals surface area contributed by atoms with Crippen LogP contribution in [0.5, 0.6) is 0 Å². The SMILES string of the molecule is c1ccc(-c2nc(-c3ccccc3)nc(-c3cccc(C4(c5ccccc5)c5ccccc5-c5ccccc54)c3)n2)cc1. The van der Waals surface area contributed by atoms with Gasteiger partial charge in [-0.15, -0.1) is 0 Å². The van der Waals surface area contributed by atoms with Crippen molar-refractivity contribution in [1.82, 2.24) is 15.0 Å². The number of nitrogens with zero attached hydrogens (tertiary/aromatic N) is 3. The average molecular weight is 550 g/mol. The van der Waals surface area contributed by atoms with Crippen LogP contribution < -0.4 is 0 Å². The molecule has 0 radical (unpaired) electrons. The van der Waals surface area contributed by atoms with Crippen LogP contribution >= 0.6 is 0 Å². The minimum atomic E-state index is -0.484. The summed E-state index contributed by atoms with van der Waals surface area (Å²) in [6.45, 7) is 0. The third-order valence-electron chi connectivity index (χ3n) is 8.41. The van der Waals surface area contributed by atoms with Crippen molar-refractivity contribution < 1.29 is 0 Å². The molecule has 7 aromatic rings. The first-order valence-electron chi connectivity index (χ1n) is 14.5. The number of aromatic nitrogens is 3. The third-order valence-corrected chi connectivity index (χ3v) is 8.41. The van der Waals surface area contributed by atoms with Crippen molar-refractivity contribution in [1.29, 1.82) is 0 Å². The smallest absolute Gasteiger partial charge is 0.164 e. The van der Waals surface area contributed by atoms with Crippen LogP contribution in [0.4, 0.5) is 0 Å². The lowest BCUT2D eigenvalue weighted by Crippen LogP contribution is -2.28. The highest BCUT2D eigenvalue weighted by Crippen LogP contribution is 2.56.